The van der Waals surface area contributed by atoms with Crippen LogP contribution in [-0.4, -0.2) is 23.0 Å². The van der Waals surface area contributed by atoms with E-state index in [2.05, 4.69) is 21.1 Å². The molecular formula is C13H13BrN2O3. The van der Waals surface area contributed by atoms with E-state index in [1.165, 1.54) is 6.08 Å². The largest absolute Gasteiger partial charge is 0.450 e. The number of aromatic nitrogens is 1. The van der Waals surface area contributed by atoms with Crippen molar-refractivity contribution in [2.24, 2.45) is 0 Å². The van der Waals surface area contributed by atoms with E-state index >= 15 is 0 Å². The van der Waals surface area contributed by atoms with Crippen molar-refractivity contribution in [2.45, 2.75) is 13.5 Å². The first-order valence-electron chi connectivity index (χ1n) is 5.65. The molecular weight excluding hydrogens is 312 g/mol. The third-order valence-electron chi connectivity index (χ3n) is 2.44. The maximum atomic E-state index is 11.9. The summed E-state index contributed by atoms with van der Waals surface area (Å²) >= 11 is 3.20. The van der Waals surface area contributed by atoms with Gasteiger partial charge in [0.25, 0.3) is 0 Å². The van der Waals surface area contributed by atoms with Crippen molar-refractivity contribution in [3.8, 4) is 0 Å². The average molecular weight is 325 g/mol. The molecule has 0 saturated carbocycles. The number of carbonyl (C=O) groups is 1. The van der Waals surface area contributed by atoms with Gasteiger partial charge in [-0.2, -0.15) is 0 Å². The molecule has 0 fully saturated rings. The Kier molecular flexibility index (Phi) is 4.21. The van der Waals surface area contributed by atoms with Crippen LogP contribution in [0.25, 0.3) is 6.08 Å². The van der Waals surface area contributed by atoms with Crippen LogP contribution in [0.1, 0.15) is 17.2 Å². The number of hydrogen-bond donors (Lipinski definition) is 0. The molecule has 2 heterocycles. The summed E-state index contributed by atoms with van der Waals surface area (Å²) in [6.07, 6.45) is 3.08. The lowest BCUT2D eigenvalue weighted by molar-refractivity contribution is -0.125. The summed E-state index contributed by atoms with van der Waals surface area (Å²) in [5.41, 5.74) is 0.725. The first kappa shape index (κ1) is 13.6. The number of amides is 1. The van der Waals surface area contributed by atoms with Gasteiger partial charge < -0.3 is 13.8 Å². The maximum Gasteiger partial charge on any atom is 0.246 e. The minimum atomic E-state index is -0.131. The highest BCUT2D eigenvalue weighted by atomic mass is 79.9. The molecule has 1 amide bonds. The quantitative estimate of drug-likeness (QED) is 0.811. The van der Waals surface area contributed by atoms with Crippen molar-refractivity contribution in [3.63, 3.8) is 0 Å². The van der Waals surface area contributed by atoms with E-state index < -0.39 is 0 Å². The standard InChI is InChI=1S/C13H13BrN2O3/c1-9-7-10(15-19-9)8-16(2)13(17)6-4-11-3-5-12(14)18-11/h3-7H,8H2,1-2H3/b6-4+. The highest BCUT2D eigenvalue weighted by Gasteiger charge is 2.09. The fourth-order valence-electron chi connectivity index (χ4n) is 1.51. The predicted molar refractivity (Wildman–Crippen MR) is 73.2 cm³/mol. The van der Waals surface area contributed by atoms with E-state index in [9.17, 15) is 4.79 Å². The van der Waals surface area contributed by atoms with Crippen LogP contribution in [0.4, 0.5) is 0 Å². The number of likely N-dealkylation sites (N-methyl/N-ethyl adjacent to an activating group) is 1. The number of furan rings is 1. The summed E-state index contributed by atoms with van der Waals surface area (Å²) < 4.78 is 10.8. The zero-order valence-electron chi connectivity index (χ0n) is 10.6. The van der Waals surface area contributed by atoms with Crippen LogP contribution in [0.5, 0.6) is 0 Å². The molecule has 2 aromatic heterocycles. The van der Waals surface area contributed by atoms with E-state index in [0.29, 0.717) is 17.0 Å². The Morgan fingerprint density at radius 2 is 2.32 bits per heavy atom. The van der Waals surface area contributed by atoms with E-state index in [4.69, 9.17) is 8.94 Å². The Labute approximate surface area is 119 Å². The van der Waals surface area contributed by atoms with Gasteiger partial charge in [0.05, 0.1) is 6.54 Å². The van der Waals surface area contributed by atoms with Gasteiger partial charge in [0.2, 0.25) is 5.91 Å². The molecule has 0 saturated heterocycles. The van der Waals surface area contributed by atoms with Gasteiger partial charge in [-0.3, -0.25) is 4.79 Å². The second-order valence-electron chi connectivity index (χ2n) is 4.10. The third kappa shape index (κ3) is 3.82. The number of rotatable bonds is 4. The van der Waals surface area contributed by atoms with Crippen LogP contribution in [0.15, 0.2) is 37.9 Å². The molecule has 0 unspecified atom stereocenters. The Morgan fingerprint density at radius 3 is 2.89 bits per heavy atom. The molecule has 0 aromatic carbocycles. The van der Waals surface area contributed by atoms with E-state index in [-0.39, 0.29) is 5.91 Å². The molecule has 0 radical (unpaired) electrons. The highest BCUT2D eigenvalue weighted by molar-refractivity contribution is 9.10. The van der Waals surface area contributed by atoms with Crippen LogP contribution < -0.4 is 0 Å². The third-order valence-corrected chi connectivity index (χ3v) is 2.86. The Hall–Kier alpha value is -1.82. The Morgan fingerprint density at radius 1 is 1.53 bits per heavy atom. The molecule has 2 aromatic rings. The predicted octanol–water partition coefficient (Wildman–Crippen LogP) is 3.01. The van der Waals surface area contributed by atoms with Gasteiger partial charge in [0, 0.05) is 19.2 Å². The number of aryl methyl sites for hydroxylation is 1. The minimum Gasteiger partial charge on any atom is -0.450 e. The monoisotopic (exact) mass is 324 g/mol. The maximum absolute atomic E-state index is 11.9. The SMILES string of the molecule is Cc1cc(CN(C)C(=O)/C=C/c2ccc(Br)o2)no1. The topological polar surface area (TPSA) is 59.5 Å². The van der Waals surface area contributed by atoms with Crippen LogP contribution in [0.2, 0.25) is 0 Å². The molecule has 100 valence electrons. The van der Waals surface area contributed by atoms with Crippen molar-refractivity contribution >= 4 is 27.9 Å². The molecule has 0 N–H and O–H groups in total. The molecule has 0 atom stereocenters. The molecule has 19 heavy (non-hydrogen) atoms. The fraction of sp³-hybridized carbons (Fsp3) is 0.231. The van der Waals surface area contributed by atoms with Gasteiger partial charge in [0.1, 0.15) is 17.2 Å². The van der Waals surface area contributed by atoms with Gasteiger partial charge >= 0.3 is 0 Å². The van der Waals surface area contributed by atoms with Gasteiger partial charge in [-0.15, -0.1) is 0 Å². The summed E-state index contributed by atoms with van der Waals surface area (Å²) in [5, 5.41) is 3.84. The second-order valence-corrected chi connectivity index (χ2v) is 4.88. The van der Waals surface area contributed by atoms with Crippen LogP contribution in [-0.2, 0) is 11.3 Å². The van der Waals surface area contributed by atoms with Gasteiger partial charge in [0.15, 0.2) is 4.67 Å². The van der Waals surface area contributed by atoms with E-state index in [1.807, 2.05) is 6.92 Å². The summed E-state index contributed by atoms with van der Waals surface area (Å²) in [5.74, 6) is 1.21. The lowest BCUT2D eigenvalue weighted by atomic mass is 10.3. The molecule has 0 aliphatic carbocycles. The van der Waals surface area contributed by atoms with Crippen LogP contribution in [0.3, 0.4) is 0 Å². The number of carbonyl (C=O) groups excluding carboxylic acids is 1. The minimum absolute atomic E-state index is 0.131. The molecule has 2 rings (SSSR count). The Balaban J connectivity index is 1.94. The molecule has 0 aliphatic heterocycles. The van der Waals surface area contributed by atoms with E-state index in [1.54, 1.807) is 36.2 Å². The first-order valence-corrected chi connectivity index (χ1v) is 6.44. The highest BCUT2D eigenvalue weighted by Crippen LogP contribution is 2.15. The van der Waals surface area contributed by atoms with Crippen molar-refractivity contribution in [2.75, 3.05) is 7.05 Å². The molecule has 6 heteroatoms. The lowest BCUT2D eigenvalue weighted by Crippen LogP contribution is -2.24. The van der Waals surface area contributed by atoms with Gasteiger partial charge in [-0.05, 0) is 41.1 Å². The molecule has 0 bridgehead atoms. The van der Waals surface area contributed by atoms with Crippen molar-refractivity contribution in [1.82, 2.24) is 10.1 Å². The van der Waals surface area contributed by atoms with E-state index in [0.717, 1.165) is 11.5 Å². The number of halogens is 1. The van der Waals surface area contributed by atoms with Crippen LogP contribution >= 0.6 is 15.9 Å². The summed E-state index contributed by atoms with van der Waals surface area (Å²) in [6, 6.07) is 5.35. The van der Waals surface area contributed by atoms with Crippen LogP contribution in [0, 0.1) is 6.92 Å². The summed E-state index contributed by atoms with van der Waals surface area (Å²) in [4.78, 5) is 13.4. The summed E-state index contributed by atoms with van der Waals surface area (Å²) in [7, 11) is 1.70. The zero-order valence-corrected chi connectivity index (χ0v) is 12.2. The van der Waals surface area contributed by atoms with Gasteiger partial charge in [-0.1, -0.05) is 5.16 Å². The molecule has 5 nitrogen and oxygen atoms in total. The Bertz CT molecular complexity index is 601. The number of hydrogen-bond acceptors (Lipinski definition) is 4. The lowest BCUT2D eigenvalue weighted by Gasteiger charge is -2.12. The average Bonchev–Trinajstić information content (AvgIpc) is 2.95. The van der Waals surface area contributed by atoms with Gasteiger partial charge in [-0.25, -0.2) is 0 Å². The van der Waals surface area contributed by atoms with Crippen molar-refractivity contribution in [3.05, 3.63) is 46.2 Å². The smallest absolute Gasteiger partial charge is 0.246 e. The summed E-state index contributed by atoms with van der Waals surface area (Å²) in [6.45, 7) is 2.22. The first-order chi connectivity index (χ1) is 9.04. The second kappa shape index (κ2) is 5.88. The molecule has 0 spiro atoms. The fourth-order valence-corrected chi connectivity index (χ4v) is 1.83. The zero-order chi connectivity index (χ0) is 13.8. The molecule has 0 aliphatic rings. The number of nitrogens with zero attached hydrogens (tertiary/aromatic N) is 2. The van der Waals surface area contributed by atoms with Crippen molar-refractivity contribution in [1.29, 1.82) is 0 Å². The van der Waals surface area contributed by atoms with Crippen molar-refractivity contribution < 1.29 is 13.7 Å². The normalized spacial score (nSPS) is 11.1.